The summed E-state index contributed by atoms with van der Waals surface area (Å²) in [5, 5.41) is 9.59. The molecule has 1 N–H and O–H groups in total. The number of aliphatic hydroxyl groups excluding tert-OH is 1. The Morgan fingerprint density at radius 3 is 2.67 bits per heavy atom. The Labute approximate surface area is 90.2 Å². The van der Waals surface area contributed by atoms with Gasteiger partial charge in [0.15, 0.2) is 0 Å². The maximum atomic E-state index is 11.8. The molecule has 1 saturated heterocycles. The van der Waals surface area contributed by atoms with Gasteiger partial charge in [0.2, 0.25) is 0 Å². The van der Waals surface area contributed by atoms with Gasteiger partial charge in [0.25, 0.3) is 0 Å². The van der Waals surface area contributed by atoms with Crippen LogP contribution in [0.1, 0.15) is 33.6 Å². The first-order valence-corrected chi connectivity index (χ1v) is 5.56. The molecule has 86 valence electrons. The van der Waals surface area contributed by atoms with Gasteiger partial charge in [0.1, 0.15) is 5.60 Å². The maximum Gasteiger partial charge on any atom is 0.410 e. The minimum Gasteiger partial charge on any atom is -0.444 e. The van der Waals surface area contributed by atoms with E-state index < -0.39 is 5.60 Å². The highest BCUT2D eigenvalue weighted by Gasteiger charge is 2.50. The SMILES string of the molecule is CC(C)(C)OC(=O)N1CC[C@@H]2C[C@H](O)[C@@H]21. The largest absolute Gasteiger partial charge is 0.444 e. The van der Waals surface area contributed by atoms with E-state index in [9.17, 15) is 9.90 Å². The zero-order chi connectivity index (χ0) is 11.2. The Morgan fingerprint density at radius 1 is 1.47 bits per heavy atom. The number of carbonyl (C=O) groups excluding carboxylic acids is 1. The molecule has 2 aliphatic rings. The lowest BCUT2D eigenvalue weighted by Gasteiger charge is -2.41. The summed E-state index contributed by atoms with van der Waals surface area (Å²) in [7, 11) is 0. The number of aliphatic hydroxyl groups is 1. The third-order valence-corrected chi connectivity index (χ3v) is 3.15. The molecule has 0 unspecified atom stereocenters. The van der Waals surface area contributed by atoms with Crippen LogP contribution in [0.3, 0.4) is 0 Å². The molecule has 1 amide bonds. The zero-order valence-electron chi connectivity index (χ0n) is 9.56. The highest BCUT2D eigenvalue weighted by molar-refractivity contribution is 5.69. The molecule has 1 aliphatic carbocycles. The monoisotopic (exact) mass is 213 g/mol. The number of likely N-dealkylation sites (tertiary alicyclic amines) is 1. The van der Waals surface area contributed by atoms with Gasteiger partial charge in [-0.05, 0) is 39.5 Å². The molecule has 1 heterocycles. The fourth-order valence-corrected chi connectivity index (χ4v) is 2.45. The van der Waals surface area contributed by atoms with Crippen LogP contribution in [0.4, 0.5) is 4.79 Å². The fourth-order valence-electron chi connectivity index (χ4n) is 2.45. The van der Waals surface area contributed by atoms with Crippen LogP contribution in [0.2, 0.25) is 0 Å². The molecule has 4 nitrogen and oxygen atoms in total. The molecule has 1 aliphatic heterocycles. The number of ether oxygens (including phenoxy) is 1. The van der Waals surface area contributed by atoms with Crippen molar-refractivity contribution in [2.24, 2.45) is 5.92 Å². The second-order valence-corrected chi connectivity index (χ2v) is 5.52. The molecular formula is C11H19NO3. The summed E-state index contributed by atoms with van der Waals surface area (Å²) < 4.78 is 5.30. The van der Waals surface area contributed by atoms with Gasteiger partial charge in [0.05, 0.1) is 12.1 Å². The smallest absolute Gasteiger partial charge is 0.410 e. The van der Waals surface area contributed by atoms with Gasteiger partial charge in [-0.1, -0.05) is 0 Å². The Bertz CT molecular complexity index is 271. The predicted octanol–water partition coefficient (Wildman–Crippen LogP) is 1.38. The summed E-state index contributed by atoms with van der Waals surface area (Å²) in [6.07, 6.45) is 1.21. The zero-order valence-corrected chi connectivity index (χ0v) is 9.56. The fraction of sp³-hybridized carbons (Fsp3) is 0.909. The van der Waals surface area contributed by atoms with Gasteiger partial charge in [-0.3, -0.25) is 0 Å². The first-order valence-electron chi connectivity index (χ1n) is 5.56. The molecule has 1 saturated carbocycles. The van der Waals surface area contributed by atoms with E-state index in [1.54, 1.807) is 4.90 Å². The summed E-state index contributed by atoms with van der Waals surface area (Å²) in [6, 6.07) is 0.0137. The van der Waals surface area contributed by atoms with Crippen molar-refractivity contribution in [3.05, 3.63) is 0 Å². The average Bonchev–Trinajstić information content (AvgIpc) is 2.38. The first kappa shape index (κ1) is 10.7. The lowest BCUT2D eigenvalue weighted by atomic mass is 9.77. The van der Waals surface area contributed by atoms with Crippen LogP contribution in [0.5, 0.6) is 0 Å². The predicted molar refractivity (Wildman–Crippen MR) is 55.5 cm³/mol. The molecule has 0 aromatic rings. The lowest BCUT2D eigenvalue weighted by molar-refractivity contribution is -0.0416. The van der Waals surface area contributed by atoms with Gasteiger partial charge in [-0.15, -0.1) is 0 Å². The number of carbonyl (C=O) groups is 1. The Hall–Kier alpha value is -0.770. The van der Waals surface area contributed by atoms with Crippen LogP contribution in [-0.2, 0) is 4.74 Å². The highest BCUT2D eigenvalue weighted by Crippen LogP contribution is 2.41. The third-order valence-electron chi connectivity index (χ3n) is 3.15. The second kappa shape index (κ2) is 3.37. The van der Waals surface area contributed by atoms with E-state index in [1.165, 1.54) is 0 Å². The number of hydrogen-bond acceptors (Lipinski definition) is 3. The molecule has 0 bridgehead atoms. The molecular weight excluding hydrogens is 194 g/mol. The van der Waals surface area contributed by atoms with E-state index in [-0.39, 0.29) is 18.2 Å². The van der Waals surface area contributed by atoms with Crippen LogP contribution >= 0.6 is 0 Å². The van der Waals surface area contributed by atoms with Crippen molar-refractivity contribution >= 4 is 6.09 Å². The van der Waals surface area contributed by atoms with Crippen molar-refractivity contribution in [2.45, 2.75) is 51.4 Å². The molecule has 0 spiro atoms. The molecule has 2 rings (SSSR count). The van der Waals surface area contributed by atoms with E-state index in [0.717, 1.165) is 19.4 Å². The van der Waals surface area contributed by atoms with Gasteiger partial charge >= 0.3 is 6.09 Å². The van der Waals surface area contributed by atoms with Crippen LogP contribution in [0, 0.1) is 5.92 Å². The molecule has 0 radical (unpaired) electrons. The molecule has 0 aromatic carbocycles. The van der Waals surface area contributed by atoms with E-state index in [2.05, 4.69) is 0 Å². The highest BCUT2D eigenvalue weighted by atomic mass is 16.6. The van der Waals surface area contributed by atoms with E-state index in [0.29, 0.717) is 5.92 Å². The lowest BCUT2D eigenvalue weighted by Crippen LogP contribution is -2.54. The van der Waals surface area contributed by atoms with Crippen molar-refractivity contribution in [2.75, 3.05) is 6.54 Å². The summed E-state index contributed by atoms with van der Waals surface area (Å²) in [6.45, 7) is 6.29. The summed E-state index contributed by atoms with van der Waals surface area (Å²) in [5.41, 5.74) is -0.454. The van der Waals surface area contributed by atoms with E-state index in [4.69, 9.17) is 4.74 Å². The molecule has 3 atom stereocenters. The summed E-state index contributed by atoms with van der Waals surface area (Å²) in [4.78, 5) is 13.5. The van der Waals surface area contributed by atoms with Crippen molar-refractivity contribution in [1.82, 2.24) is 4.90 Å². The minimum atomic E-state index is -0.454. The van der Waals surface area contributed by atoms with Crippen LogP contribution < -0.4 is 0 Å². The van der Waals surface area contributed by atoms with Crippen molar-refractivity contribution in [3.63, 3.8) is 0 Å². The van der Waals surface area contributed by atoms with Crippen molar-refractivity contribution in [3.8, 4) is 0 Å². The van der Waals surface area contributed by atoms with Gasteiger partial charge in [0, 0.05) is 6.54 Å². The number of amides is 1. The standard InChI is InChI=1S/C11H19NO3/c1-11(2,3)15-10(14)12-5-4-7-6-8(13)9(7)12/h7-9,13H,4-6H2,1-3H3/t7-,8+,9-/m1/s1. The summed E-state index contributed by atoms with van der Waals surface area (Å²) in [5.74, 6) is 0.493. The van der Waals surface area contributed by atoms with Crippen LogP contribution in [0.25, 0.3) is 0 Å². The normalized spacial score (nSPS) is 34.7. The van der Waals surface area contributed by atoms with Crippen molar-refractivity contribution in [1.29, 1.82) is 0 Å². The number of nitrogens with zero attached hydrogens (tertiary/aromatic N) is 1. The van der Waals surface area contributed by atoms with Gasteiger partial charge in [-0.2, -0.15) is 0 Å². The first-order chi connectivity index (χ1) is 6.88. The molecule has 4 heteroatoms. The topological polar surface area (TPSA) is 49.8 Å². The number of fused-ring (bicyclic) bond motifs is 1. The second-order valence-electron chi connectivity index (χ2n) is 5.52. The maximum absolute atomic E-state index is 11.8. The number of rotatable bonds is 0. The molecule has 0 aromatic heterocycles. The Kier molecular flexibility index (Phi) is 2.41. The van der Waals surface area contributed by atoms with Crippen LogP contribution in [0.15, 0.2) is 0 Å². The van der Waals surface area contributed by atoms with Gasteiger partial charge in [-0.25, -0.2) is 4.79 Å². The molecule has 2 fully saturated rings. The Morgan fingerprint density at radius 2 is 2.13 bits per heavy atom. The van der Waals surface area contributed by atoms with E-state index in [1.807, 2.05) is 20.8 Å². The minimum absolute atomic E-state index is 0.0137. The quantitative estimate of drug-likeness (QED) is 0.661. The van der Waals surface area contributed by atoms with E-state index >= 15 is 0 Å². The average molecular weight is 213 g/mol. The van der Waals surface area contributed by atoms with Gasteiger partial charge < -0.3 is 14.7 Å². The van der Waals surface area contributed by atoms with Crippen LogP contribution in [-0.4, -0.2) is 40.4 Å². The van der Waals surface area contributed by atoms with Crippen molar-refractivity contribution < 1.29 is 14.6 Å². The molecule has 15 heavy (non-hydrogen) atoms. The summed E-state index contributed by atoms with van der Waals surface area (Å²) >= 11 is 0. The number of hydrogen-bond donors (Lipinski definition) is 1. The third kappa shape index (κ3) is 1.95. The Balaban J connectivity index is 1.97.